The second-order valence-electron chi connectivity index (χ2n) is 4.26. The van der Waals surface area contributed by atoms with E-state index in [1.54, 1.807) is 6.92 Å². The van der Waals surface area contributed by atoms with Crippen LogP contribution in [0.3, 0.4) is 0 Å². The molecule has 1 heterocycles. The minimum Gasteiger partial charge on any atom is -0.477 e. The summed E-state index contributed by atoms with van der Waals surface area (Å²) in [6, 6.07) is 1.18. The van der Waals surface area contributed by atoms with Crippen molar-refractivity contribution < 1.29 is 18.3 Å². The Morgan fingerprint density at radius 3 is 2.55 bits per heavy atom. The standard InChI is InChI=1S/C12H21N3O4S/c1-3-13-6-5-7-14-20(18,19)10-8-11(12(16)17)15(4-2)9-10/h8-9,13-14H,3-7H2,1-2H3,(H,16,17). The number of aryl methyl sites for hydroxylation is 1. The van der Waals surface area contributed by atoms with Crippen LogP contribution in [0.2, 0.25) is 0 Å². The van der Waals surface area contributed by atoms with Gasteiger partial charge in [-0.1, -0.05) is 6.92 Å². The van der Waals surface area contributed by atoms with Gasteiger partial charge in [0.05, 0.1) is 0 Å². The third-order valence-electron chi connectivity index (χ3n) is 2.81. The zero-order chi connectivity index (χ0) is 15.2. The van der Waals surface area contributed by atoms with Crippen LogP contribution in [0.25, 0.3) is 0 Å². The number of hydrogen-bond acceptors (Lipinski definition) is 4. The fourth-order valence-corrected chi connectivity index (χ4v) is 2.86. The highest BCUT2D eigenvalue weighted by Gasteiger charge is 2.20. The van der Waals surface area contributed by atoms with E-state index in [1.165, 1.54) is 16.8 Å². The molecule has 3 N–H and O–H groups in total. The molecule has 0 aliphatic carbocycles. The van der Waals surface area contributed by atoms with Crippen molar-refractivity contribution in [3.63, 3.8) is 0 Å². The molecule has 0 amide bonds. The number of carboxylic acid groups (broad SMARTS) is 1. The molecule has 0 saturated heterocycles. The van der Waals surface area contributed by atoms with E-state index in [0.29, 0.717) is 19.5 Å². The predicted octanol–water partition coefficient (Wildman–Crippen LogP) is 0.484. The Morgan fingerprint density at radius 1 is 1.35 bits per heavy atom. The summed E-state index contributed by atoms with van der Waals surface area (Å²) in [7, 11) is -3.65. The quantitative estimate of drug-likeness (QED) is 0.576. The van der Waals surface area contributed by atoms with Gasteiger partial charge >= 0.3 is 5.97 Å². The normalized spacial score (nSPS) is 11.7. The molecule has 7 nitrogen and oxygen atoms in total. The largest absolute Gasteiger partial charge is 0.477 e. The monoisotopic (exact) mass is 303 g/mol. The number of aromatic carboxylic acids is 1. The second kappa shape index (κ2) is 7.41. The van der Waals surface area contributed by atoms with Crippen molar-refractivity contribution in [2.45, 2.75) is 31.7 Å². The van der Waals surface area contributed by atoms with Gasteiger partial charge in [-0.2, -0.15) is 0 Å². The highest BCUT2D eigenvalue weighted by Crippen LogP contribution is 2.14. The van der Waals surface area contributed by atoms with E-state index in [1.807, 2.05) is 6.92 Å². The number of rotatable bonds is 9. The molecule has 1 aromatic rings. The summed E-state index contributed by atoms with van der Waals surface area (Å²) in [6.45, 7) is 6.02. The van der Waals surface area contributed by atoms with Gasteiger partial charge in [-0.05, 0) is 32.5 Å². The number of carbonyl (C=O) groups is 1. The van der Waals surface area contributed by atoms with Gasteiger partial charge in [0.15, 0.2) is 0 Å². The summed E-state index contributed by atoms with van der Waals surface area (Å²) >= 11 is 0. The third kappa shape index (κ3) is 4.32. The molecule has 1 rings (SSSR count). The van der Waals surface area contributed by atoms with E-state index in [-0.39, 0.29) is 10.6 Å². The number of nitrogens with zero attached hydrogens (tertiary/aromatic N) is 1. The van der Waals surface area contributed by atoms with Crippen LogP contribution in [0.4, 0.5) is 0 Å². The van der Waals surface area contributed by atoms with E-state index in [2.05, 4.69) is 10.0 Å². The summed E-state index contributed by atoms with van der Waals surface area (Å²) in [4.78, 5) is 11.0. The van der Waals surface area contributed by atoms with Crippen LogP contribution in [0.5, 0.6) is 0 Å². The molecule has 0 aliphatic rings. The van der Waals surface area contributed by atoms with Crippen LogP contribution in [0.1, 0.15) is 30.8 Å². The molecule has 0 aliphatic heterocycles. The van der Waals surface area contributed by atoms with Crippen molar-refractivity contribution >= 4 is 16.0 Å². The summed E-state index contributed by atoms with van der Waals surface area (Å²) in [5.41, 5.74) is -0.0273. The number of carboxylic acids is 1. The summed E-state index contributed by atoms with van der Waals surface area (Å²) in [6.07, 6.45) is 2.02. The summed E-state index contributed by atoms with van der Waals surface area (Å²) in [5.74, 6) is -1.14. The number of nitrogens with one attached hydrogen (secondary N) is 2. The third-order valence-corrected chi connectivity index (χ3v) is 4.24. The van der Waals surface area contributed by atoms with Crippen LogP contribution in [-0.2, 0) is 16.6 Å². The van der Waals surface area contributed by atoms with Crippen LogP contribution >= 0.6 is 0 Å². The highest BCUT2D eigenvalue weighted by molar-refractivity contribution is 7.89. The van der Waals surface area contributed by atoms with E-state index in [4.69, 9.17) is 5.11 Å². The Morgan fingerprint density at radius 2 is 2.05 bits per heavy atom. The average molecular weight is 303 g/mol. The lowest BCUT2D eigenvalue weighted by Gasteiger charge is -2.05. The van der Waals surface area contributed by atoms with Gasteiger partial charge in [0.2, 0.25) is 10.0 Å². The van der Waals surface area contributed by atoms with E-state index < -0.39 is 16.0 Å². The molecule has 20 heavy (non-hydrogen) atoms. The van der Waals surface area contributed by atoms with Crippen molar-refractivity contribution in [3.8, 4) is 0 Å². The van der Waals surface area contributed by atoms with Crippen molar-refractivity contribution in [1.82, 2.24) is 14.6 Å². The lowest BCUT2D eigenvalue weighted by atomic mass is 10.4. The van der Waals surface area contributed by atoms with E-state index in [0.717, 1.165) is 13.1 Å². The Labute approximate surface area is 119 Å². The molecule has 0 fully saturated rings. The van der Waals surface area contributed by atoms with Gasteiger partial charge in [0.25, 0.3) is 0 Å². The molecule has 0 spiro atoms. The molecule has 0 bridgehead atoms. The molecule has 0 radical (unpaired) electrons. The second-order valence-corrected chi connectivity index (χ2v) is 6.02. The first-order valence-corrected chi connectivity index (χ1v) is 8.04. The minimum atomic E-state index is -3.65. The van der Waals surface area contributed by atoms with Crippen LogP contribution in [-0.4, -0.2) is 43.7 Å². The van der Waals surface area contributed by atoms with Crippen LogP contribution in [0, 0.1) is 0 Å². The van der Waals surface area contributed by atoms with Crippen molar-refractivity contribution in [2.24, 2.45) is 0 Å². The molecule has 0 unspecified atom stereocenters. The molecule has 1 aromatic heterocycles. The fraction of sp³-hybridized carbons (Fsp3) is 0.583. The van der Waals surface area contributed by atoms with Gasteiger partial charge < -0.3 is 15.0 Å². The maximum Gasteiger partial charge on any atom is 0.352 e. The van der Waals surface area contributed by atoms with Gasteiger partial charge in [-0.15, -0.1) is 0 Å². The van der Waals surface area contributed by atoms with Gasteiger partial charge in [-0.3, -0.25) is 0 Å². The molecular formula is C12H21N3O4S. The van der Waals surface area contributed by atoms with Crippen LogP contribution < -0.4 is 10.0 Å². The van der Waals surface area contributed by atoms with Crippen molar-refractivity contribution in [1.29, 1.82) is 0 Å². The van der Waals surface area contributed by atoms with Gasteiger partial charge in [0, 0.05) is 19.3 Å². The highest BCUT2D eigenvalue weighted by atomic mass is 32.2. The van der Waals surface area contributed by atoms with E-state index >= 15 is 0 Å². The van der Waals surface area contributed by atoms with Crippen molar-refractivity contribution in [3.05, 3.63) is 18.0 Å². The molecule has 114 valence electrons. The number of sulfonamides is 1. The Hall–Kier alpha value is -1.38. The van der Waals surface area contributed by atoms with Gasteiger partial charge in [-0.25, -0.2) is 17.9 Å². The molecule has 0 saturated carbocycles. The topological polar surface area (TPSA) is 100 Å². The number of hydrogen-bond donors (Lipinski definition) is 3. The Kier molecular flexibility index (Phi) is 6.18. The number of aromatic nitrogens is 1. The van der Waals surface area contributed by atoms with Crippen LogP contribution in [0.15, 0.2) is 17.2 Å². The SMILES string of the molecule is CCNCCCNS(=O)(=O)c1cc(C(=O)O)n(CC)c1. The maximum atomic E-state index is 12.0. The first-order valence-electron chi connectivity index (χ1n) is 6.56. The smallest absolute Gasteiger partial charge is 0.352 e. The molecule has 0 atom stereocenters. The molecular weight excluding hydrogens is 282 g/mol. The molecule has 0 aromatic carbocycles. The van der Waals surface area contributed by atoms with Crippen molar-refractivity contribution in [2.75, 3.05) is 19.6 Å². The summed E-state index contributed by atoms with van der Waals surface area (Å²) in [5, 5.41) is 12.1. The lowest BCUT2D eigenvalue weighted by molar-refractivity contribution is 0.0685. The zero-order valence-electron chi connectivity index (χ0n) is 11.7. The van der Waals surface area contributed by atoms with Gasteiger partial charge in [0.1, 0.15) is 10.6 Å². The Bertz CT molecular complexity index is 551. The lowest BCUT2D eigenvalue weighted by Crippen LogP contribution is -2.27. The zero-order valence-corrected chi connectivity index (χ0v) is 12.5. The minimum absolute atomic E-state index is 0.0137. The maximum absolute atomic E-state index is 12.0. The average Bonchev–Trinajstić information content (AvgIpc) is 2.83. The Balaban J connectivity index is 2.75. The van der Waals surface area contributed by atoms with E-state index in [9.17, 15) is 13.2 Å². The fourth-order valence-electron chi connectivity index (χ4n) is 1.75. The predicted molar refractivity (Wildman–Crippen MR) is 75.4 cm³/mol. The first kappa shape index (κ1) is 16.7. The molecule has 8 heteroatoms. The first-order chi connectivity index (χ1) is 9.42. The summed E-state index contributed by atoms with van der Waals surface area (Å²) < 4.78 is 27.9.